The van der Waals surface area contributed by atoms with E-state index in [-0.39, 0.29) is 13.2 Å². The standard InChI is InChI=1S/C23H30O5/c1-4-26-22(24)21(23(25)27-5-2)9-7-6-8-14-28-20-13-12-18-15-17(3)10-11-19(18)16-20/h10-13,15-16,21H,4-9,14H2,1-3H3. The van der Waals surface area contributed by atoms with Crippen LogP contribution in [0.5, 0.6) is 5.75 Å². The van der Waals surface area contributed by atoms with Crippen LogP contribution in [0, 0.1) is 12.8 Å². The Hall–Kier alpha value is -2.56. The van der Waals surface area contributed by atoms with Crippen LogP contribution in [0.3, 0.4) is 0 Å². The molecule has 0 spiro atoms. The third-order valence-corrected chi connectivity index (χ3v) is 4.52. The third-order valence-electron chi connectivity index (χ3n) is 4.52. The molecule has 5 heteroatoms. The lowest BCUT2D eigenvalue weighted by atomic mass is 10.0. The van der Waals surface area contributed by atoms with Crippen molar-refractivity contribution in [1.82, 2.24) is 0 Å². The summed E-state index contributed by atoms with van der Waals surface area (Å²) in [7, 11) is 0. The van der Waals surface area contributed by atoms with Crippen molar-refractivity contribution < 1.29 is 23.8 Å². The number of aryl methyl sites for hydroxylation is 1. The van der Waals surface area contributed by atoms with Crippen LogP contribution in [0.15, 0.2) is 36.4 Å². The lowest BCUT2D eigenvalue weighted by Gasteiger charge is -2.14. The van der Waals surface area contributed by atoms with Crippen LogP contribution in [0.2, 0.25) is 0 Å². The minimum Gasteiger partial charge on any atom is -0.494 e. The van der Waals surface area contributed by atoms with Crippen LogP contribution in [0.25, 0.3) is 10.8 Å². The second-order valence-electron chi connectivity index (χ2n) is 6.77. The number of rotatable bonds is 11. The number of hydrogen-bond acceptors (Lipinski definition) is 5. The molecule has 0 N–H and O–H groups in total. The number of esters is 2. The molecule has 0 radical (unpaired) electrons. The summed E-state index contributed by atoms with van der Waals surface area (Å²) in [4.78, 5) is 23.9. The Bertz CT molecular complexity index is 766. The van der Waals surface area contributed by atoms with Gasteiger partial charge in [-0.2, -0.15) is 0 Å². The average molecular weight is 386 g/mol. The number of unbranched alkanes of at least 4 members (excludes halogenated alkanes) is 2. The highest BCUT2D eigenvalue weighted by atomic mass is 16.6. The molecule has 0 aliphatic carbocycles. The lowest BCUT2D eigenvalue weighted by molar-refractivity contribution is -0.161. The minimum absolute atomic E-state index is 0.258. The predicted octanol–water partition coefficient (Wildman–Crippen LogP) is 4.83. The second kappa shape index (κ2) is 11.3. The van der Waals surface area contributed by atoms with Crippen molar-refractivity contribution in [2.75, 3.05) is 19.8 Å². The molecule has 0 saturated carbocycles. The fourth-order valence-electron chi connectivity index (χ4n) is 3.07. The van der Waals surface area contributed by atoms with Crippen molar-refractivity contribution in [3.63, 3.8) is 0 Å². The number of ether oxygens (including phenoxy) is 3. The Morgan fingerprint density at radius 2 is 1.50 bits per heavy atom. The summed E-state index contributed by atoms with van der Waals surface area (Å²) in [6.07, 6.45) is 2.89. The van der Waals surface area contributed by atoms with Crippen LogP contribution >= 0.6 is 0 Å². The fraction of sp³-hybridized carbons (Fsp3) is 0.478. The molecule has 28 heavy (non-hydrogen) atoms. The topological polar surface area (TPSA) is 61.8 Å². The van der Waals surface area contributed by atoms with Gasteiger partial charge in [-0.05, 0) is 56.5 Å². The summed E-state index contributed by atoms with van der Waals surface area (Å²) < 4.78 is 15.8. The summed E-state index contributed by atoms with van der Waals surface area (Å²) in [6.45, 7) is 6.65. The maximum Gasteiger partial charge on any atom is 0.320 e. The van der Waals surface area contributed by atoms with Gasteiger partial charge < -0.3 is 14.2 Å². The summed E-state index contributed by atoms with van der Waals surface area (Å²) in [5, 5.41) is 2.37. The van der Waals surface area contributed by atoms with E-state index >= 15 is 0 Å². The molecule has 0 fully saturated rings. The Labute approximate surface area is 167 Å². The highest BCUT2D eigenvalue weighted by molar-refractivity contribution is 5.94. The van der Waals surface area contributed by atoms with Gasteiger partial charge in [0.25, 0.3) is 0 Å². The van der Waals surface area contributed by atoms with Gasteiger partial charge in [0.15, 0.2) is 5.92 Å². The Kier molecular flexibility index (Phi) is 8.79. The second-order valence-corrected chi connectivity index (χ2v) is 6.77. The summed E-state index contributed by atoms with van der Waals surface area (Å²) in [5.41, 5.74) is 1.24. The maximum atomic E-state index is 11.9. The van der Waals surface area contributed by atoms with Crippen LogP contribution in [0.4, 0.5) is 0 Å². The first kappa shape index (κ1) is 21.7. The lowest BCUT2D eigenvalue weighted by Crippen LogP contribution is -2.28. The normalized spacial score (nSPS) is 10.9. The molecule has 2 aromatic rings. The first-order valence-electron chi connectivity index (χ1n) is 10.0. The summed E-state index contributed by atoms with van der Waals surface area (Å²) >= 11 is 0. The highest BCUT2D eigenvalue weighted by Gasteiger charge is 2.28. The quantitative estimate of drug-likeness (QED) is 0.314. The Balaban J connectivity index is 1.74. The number of hydrogen-bond donors (Lipinski definition) is 0. The molecule has 0 aliphatic rings. The van der Waals surface area contributed by atoms with Crippen LogP contribution in [0.1, 0.15) is 45.1 Å². The van der Waals surface area contributed by atoms with E-state index in [4.69, 9.17) is 14.2 Å². The van der Waals surface area contributed by atoms with E-state index in [1.54, 1.807) is 13.8 Å². The van der Waals surface area contributed by atoms with E-state index in [2.05, 4.69) is 31.2 Å². The molecule has 2 rings (SSSR count). The van der Waals surface area contributed by atoms with Crippen LogP contribution in [-0.2, 0) is 19.1 Å². The van der Waals surface area contributed by atoms with Crippen LogP contribution in [-0.4, -0.2) is 31.8 Å². The van der Waals surface area contributed by atoms with Gasteiger partial charge in [-0.1, -0.05) is 42.7 Å². The summed E-state index contributed by atoms with van der Waals surface area (Å²) in [5.74, 6) is -0.968. The Morgan fingerprint density at radius 1 is 0.857 bits per heavy atom. The van der Waals surface area contributed by atoms with Crippen molar-refractivity contribution >= 4 is 22.7 Å². The van der Waals surface area contributed by atoms with Gasteiger partial charge in [0, 0.05) is 0 Å². The number of fused-ring (bicyclic) bond motifs is 1. The molecule has 0 atom stereocenters. The van der Waals surface area contributed by atoms with Gasteiger partial charge in [-0.25, -0.2) is 0 Å². The van der Waals surface area contributed by atoms with Gasteiger partial charge in [0.1, 0.15) is 5.75 Å². The molecule has 0 amide bonds. The zero-order valence-electron chi connectivity index (χ0n) is 17.0. The monoisotopic (exact) mass is 386 g/mol. The van der Waals surface area contributed by atoms with E-state index < -0.39 is 17.9 Å². The largest absolute Gasteiger partial charge is 0.494 e. The van der Waals surface area contributed by atoms with E-state index in [0.29, 0.717) is 13.0 Å². The maximum absolute atomic E-state index is 11.9. The number of carbonyl (C=O) groups excluding carboxylic acids is 2. The van der Waals surface area contributed by atoms with Gasteiger partial charge >= 0.3 is 11.9 Å². The van der Waals surface area contributed by atoms with E-state index in [1.807, 2.05) is 12.1 Å². The summed E-state index contributed by atoms with van der Waals surface area (Å²) in [6, 6.07) is 12.5. The minimum atomic E-state index is -0.829. The van der Waals surface area contributed by atoms with E-state index in [9.17, 15) is 9.59 Å². The molecular formula is C23H30O5. The fourth-order valence-corrected chi connectivity index (χ4v) is 3.07. The molecule has 0 aromatic heterocycles. The van der Waals surface area contributed by atoms with Gasteiger partial charge in [-0.15, -0.1) is 0 Å². The molecule has 0 aliphatic heterocycles. The van der Waals surface area contributed by atoms with Gasteiger partial charge in [0.2, 0.25) is 0 Å². The first-order chi connectivity index (χ1) is 13.5. The SMILES string of the molecule is CCOC(=O)C(CCCCCOc1ccc2cc(C)ccc2c1)C(=O)OCC. The number of carbonyl (C=O) groups is 2. The molecule has 0 unspecified atom stereocenters. The molecule has 0 bridgehead atoms. The van der Waals surface area contributed by atoms with Crippen molar-refractivity contribution in [3.05, 3.63) is 42.0 Å². The molecule has 5 nitrogen and oxygen atoms in total. The smallest absolute Gasteiger partial charge is 0.320 e. The van der Waals surface area contributed by atoms with E-state index in [1.165, 1.54) is 10.9 Å². The predicted molar refractivity (Wildman–Crippen MR) is 109 cm³/mol. The highest BCUT2D eigenvalue weighted by Crippen LogP contribution is 2.22. The molecular weight excluding hydrogens is 356 g/mol. The van der Waals surface area contributed by atoms with Gasteiger partial charge in [0.05, 0.1) is 19.8 Å². The van der Waals surface area contributed by atoms with Crippen molar-refractivity contribution in [1.29, 1.82) is 0 Å². The zero-order chi connectivity index (χ0) is 20.4. The molecule has 152 valence electrons. The van der Waals surface area contributed by atoms with Crippen molar-refractivity contribution in [2.45, 2.75) is 46.5 Å². The van der Waals surface area contributed by atoms with Gasteiger partial charge in [-0.3, -0.25) is 9.59 Å². The zero-order valence-corrected chi connectivity index (χ0v) is 17.0. The molecule has 2 aromatic carbocycles. The third kappa shape index (κ3) is 6.55. The molecule has 0 heterocycles. The number of benzene rings is 2. The van der Waals surface area contributed by atoms with Crippen LogP contribution < -0.4 is 4.74 Å². The van der Waals surface area contributed by atoms with E-state index in [0.717, 1.165) is 30.4 Å². The first-order valence-corrected chi connectivity index (χ1v) is 10.0. The molecule has 0 saturated heterocycles. The Morgan fingerprint density at radius 3 is 2.18 bits per heavy atom. The average Bonchev–Trinajstić information content (AvgIpc) is 2.67. The van der Waals surface area contributed by atoms with Crippen molar-refractivity contribution in [3.8, 4) is 5.75 Å². The van der Waals surface area contributed by atoms with Crippen molar-refractivity contribution in [2.24, 2.45) is 5.92 Å².